The van der Waals surface area contributed by atoms with E-state index in [1.165, 1.54) is 10.8 Å². The molecule has 2 aromatic carbocycles. The molecular weight excluding hydrogens is 388 g/mol. The summed E-state index contributed by atoms with van der Waals surface area (Å²) in [7, 11) is 1.93. The van der Waals surface area contributed by atoms with Gasteiger partial charge in [0.2, 0.25) is 0 Å². The molecule has 0 aliphatic carbocycles. The normalized spacial score (nSPS) is 10.2. The molecule has 1 heterocycles. The van der Waals surface area contributed by atoms with Crippen LogP contribution < -0.4 is 0 Å². The van der Waals surface area contributed by atoms with Gasteiger partial charge in [0.1, 0.15) is 0 Å². The smallest absolute Gasteiger partial charge is 0.0288 e. The first kappa shape index (κ1) is 12.0. The van der Waals surface area contributed by atoms with E-state index in [0.717, 1.165) is 11.3 Å². The Labute approximate surface area is 114 Å². The molecule has 2 nitrogen and oxygen atoms in total. The Kier molecular flexibility index (Phi) is 3.41. The molecule has 3 heteroatoms. The maximum Gasteiger partial charge on any atom is 0.0288 e. The van der Waals surface area contributed by atoms with Crippen LogP contribution >= 0.6 is 0 Å². The molecule has 0 saturated heterocycles. The summed E-state index contributed by atoms with van der Waals surface area (Å²) in [5.74, 6) is 0. The molecular formula is C14H11IrN2-. The summed E-state index contributed by atoms with van der Waals surface area (Å²) in [4.78, 5) is 0. The Bertz CT molecular complexity index is 638. The van der Waals surface area contributed by atoms with Crippen molar-refractivity contribution in [3.05, 3.63) is 54.7 Å². The molecule has 3 aromatic rings. The summed E-state index contributed by atoms with van der Waals surface area (Å²) in [6.07, 6.45) is 1.95. The first-order chi connectivity index (χ1) is 7.84. The Morgan fingerprint density at radius 3 is 2.71 bits per heavy atom. The molecule has 0 aliphatic heterocycles. The predicted molar refractivity (Wildman–Crippen MR) is 65.0 cm³/mol. The van der Waals surface area contributed by atoms with E-state index < -0.39 is 0 Å². The standard InChI is InChI=1S/C14H11N2.Ir/c1-16-10-9-14(15-16)13-8-4-6-11-5-2-3-7-12(11)13;/h2-7,9-10H,1H3;/q-1;. The molecule has 0 unspecified atom stereocenters. The van der Waals surface area contributed by atoms with Crippen LogP contribution in [0.4, 0.5) is 0 Å². The molecule has 87 valence electrons. The molecule has 0 saturated carbocycles. The molecule has 0 amide bonds. The zero-order chi connectivity index (χ0) is 11.0. The second-order valence-corrected chi connectivity index (χ2v) is 3.81. The van der Waals surface area contributed by atoms with Gasteiger partial charge in [0.25, 0.3) is 0 Å². The summed E-state index contributed by atoms with van der Waals surface area (Å²) in [6, 6.07) is 17.6. The first-order valence-corrected chi connectivity index (χ1v) is 5.24. The zero-order valence-electron chi connectivity index (χ0n) is 9.35. The SMILES string of the molecule is Cn1ccc(-c2[c-]ccc3ccccc23)n1.[Ir]. The summed E-state index contributed by atoms with van der Waals surface area (Å²) >= 11 is 0. The third-order valence-electron chi connectivity index (χ3n) is 2.69. The number of hydrogen-bond donors (Lipinski definition) is 0. The quantitative estimate of drug-likeness (QED) is 0.575. The topological polar surface area (TPSA) is 17.8 Å². The van der Waals surface area contributed by atoms with Gasteiger partial charge in [-0.25, -0.2) is 5.10 Å². The fourth-order valence-electron chi connectivity index (χ4n) is 1.92. The average molecular weight is 399 g/mol. The van der Waals surface area contributed by atoms with Crippen LogP contribution in [0.15, 0.2) is 48.7 Å². The minimum absolute atomic E-state index is 0. The maximum atomic E-state index is 4.42. The van der Waals surface area contributed by atoms with Crippen LogP contribution in [0.1, 0.15) is 0 Å². The summed E-state index contributed by atoms with van der Waals surface area (Å²) in [5.41, 5.74) is 2.04. The van der Waals surface area contributed by atoms with Crippen LogP contribution in [0.2, 0.25) is 0 Å². The molecule has 0 aliphatic rings. The van der Waals surface area contributed by atoms with Gasteiger partial charge in [-0.05, 0) is 0 Å². The molecule has 3 rings (SSSR count). The third-order valence-corrected chi connectivity index (χ3v) is 2.69. The van der Waals surface area contributed by atoms with Crippen molar-refractivity contribution < 1.29 is 20.1 Å². The third kappa shape index (κ3) is 2.17. The van der Waals surface area contributed by atoms with Crippen molar-refractivity contribution >= 4 is 10.8 Å². The summed E-state index contributed by atoms with van der Waals surface area (Å²) in [6.45, 7) is 0. The largest absolute Gasteiger partial charge is 0.285 e. The first-order valence-electron chi connectivity index (χ1n) is 5.24. The van der Waals surface area contributed by atoms with Crippen molar-refractivity contribution in [2.75, 3.05) is 0 Å². The van der Waals surface area contributed by atoms with E-state index >= 15 is 0 Å². The van der Waals surface area contributed by atoms with Gasteiger partial charge >= 0.3 is 0 Å². The van der Waals surface area contributed by atoms with Gasteiger partial charge in [-0.1, -0.05) is 35.7 Å². The number of fused-ring (bicyclic) bond motifs is 1. The Balaban J connectivity index is 0.00000108. The van der Waals surface area contributed by atoms with Gasteiger partial charge in [-0.3, -0.25) is 4.68 Å². The molecule has 17 heavy (non-hydrogen) atoms. The molecule has 0 atom stereocenters. The van der Waals surface area contributed by atoms with Crippen molar-refractivity contribution in [3.63, 3.8) is 0 Å². The summed E-state index contributed by atoms with van der Waals surface area (Å²) < 4.78 is 1.81. The molecule has 1 aromatic heterocycles. The summed E-state index contributed by atoms with van der Waals surface area (Å²) in [5, 5.41) is 6.84. The molecule has 0 spiro atoms. The fraction of sp³-hybridized carbons (Fsp3) is 0.0714. The van der Waals surface area contributed by atoms with Crippen molar-refractivity contribution in [2.45, 2.75) is 0 Å². The minimum atomic E-state index is 0. The Morgan fingerprint density at radius 1 is 1.12 bits per heavy atom. The van der Waals surface area contributed by atoms with E-state index in [0.29, 0.717) is 0 Å². The number of nitrogens with zero attached hydrogens (tertiary/aromatic N) is 2. The van der Waals surface area contributed by atoms with Crippen molar-refractivity contribution in [3.8, 4) is 11.3 Å². The van der Waals surface area contributed by atoms with E-state index in [1.807, 2.05) is 42.2 Å². The maximum absolute atomic E-state index is 4.42. The monoisotopic (exact) mass is 400 g/mol. The van der Waals surface area contributed by atoms with E-state index in [-0.39, 0.29) is 20.1 Å². The molecule has 1 radical (unpaired) electrons. The van der Waals surface area contributed by atoms with E-state index in [2.05, 4.69) is 29.4 Å². The van der Waals surface area contributed by atoms with E-state index in [1.54, 1.807) is 0 Å². The number of aromatic nitrogens is 2. The average Bonchev–Trinajstić information content (AvgIpc) is 2.75. The van der Waals surface area contributed by atoms with Crippen molar-refractivity contribution in [1.29, 1.82) is 0 Å². The van der Waals surface area contributed by atoms with Gasteiger partial charge in [0.05, 0.1) is 0 Å². The number of hydrogen-bond acceptors (Lipinski definition) is 1. The van der Waals surface area contributed by atoms with E-state index in [4.69, 9.17) is 0 Å². The number of benzene rings is 2. The van der Waals surface area contributed by atoms with Gasteiger partial charge < -0.3 is 0 Å². The zero-order valence-corrected chi connectivity index (χ0v) is 11.7. The van der Waals surface area contributed by atoms with Crippen molar-refractivity contribution in [1.82, 2.24) is 9.78 Å². The van der Waals surface area contributed by atoms with Crippen LogP contribution in [0.25, 0.3) is 22.0 Å². The van der Waals surface area contributed by atoms with Crippen LogP contribution in [0.5, 0.6) is 0 Å². The number of aryl methyl sites for hydroxylation is 1. The fourth-order valence-corrected chi connectivity index (χ4v) is 1.92. The van der Waals surface area contributed by atoms with E-state index in [9.17, 15) is 0 Å². The van der Waals surface area contributed by atoms with Gasteiger partial charge in [-0.2, -0.15) is 0 Å². The Morgan fingerprint density at radius 2 is 1.94 bits per heavy atom. The number of rotatable bonds is 1. The second-order valence-electron chi connectivity index (χ2n) is 3.81. The second kappa shape index (κ2) is 4.82. The minimum Gasteiger partial charge on any atom is -0.285 e. The van der Waals surface area contributed by atoms with Crippen LogP contribution in [0.3, 0.4) is 0 Å². The van der Waals surface area contributed by atoms with Crippen LogP contribution in [0, 0.1) is 6.07 Å². The van der Waals surface area contributed by atoms with Gasteiger partial charge in [-0.15, -0.1) is 29.1 Å². The van der Waals surface area contributed by atoms with Gasteiger partial charge in [0.15, 0.2) is 0 Å². The van der Waals surface area contributed by atoms with Crippen LogP contribution in [-0.2, 0) is 27.2 Å². The molecule has 0 fully saturated rings. The molecule has 0 N–H and O–H groups in total. The van der Waals surface area contributed by atoms with Crippen LogP contribution in [-0.4, -0.2) is 9.78 Å². The van der Waals surface area contributed by atoms with Gasteiger partial charge in [0, 0.05) is 39.0 Å². The Hall–Kier alpha value is -1.44. The van der Waals surface area contributed by atoms with Crippen molar-refractivity contribution in [2.24, 2.45) is 7.05 Å². The predicted octanol–water partition coefficient (Wildman–Crippen LogP) is 3.04. The molecule has 0 bridgehead atoms.